The standard InChI is InChI=1S/C12H13ClN6O/c1-18-6-4-9(17-18)19-8(3-5-13)16-10-11(19)14-7-15-12(10)20-2/h4,6-7H,3,5H2,1-2H3. The Balaban J connectivity index is 2.29. The number of aromatic nitrogens is 6. The van der Waals surface area contributed by atoms with Crippen molar-refractivity contribution in [3.05, 3.63) is 24.4 Å². The van der Waals surface area contributed by atoms with Gasteiger partial charge in [-0.15, -0.1) is 11.6 Å². The summed E-state index contributed by atoms with van der Waals surface area (Å²) in [6.45, 7) is 0. The number of hydrogen-bond donors (Lipinski definition) is 0. The zero-order valence-electron chi connectivity index (χ0n) is 11.1. The van der Waals surface area contributed by atoms with Gasteiger partial charge in [-0.1, -0.05) is 0 Å². The zero-order chi connectivity index (χ0) is 14.1. The lowest BCUT2D eigenvalue weighted by Crippen LogP contribution is -2.04. The van der Waals surface area contributed by atoms with Gasteiger partial charge in [-0.05, 0) is 0 Å². The highest BCUT2D eigenvalue weighted by atomic mass is 35.5. The van der Waals surface area contributed by atoms with Crippen molar-refractivity contribution in [2.24, 2.45) is 7.05 Å². The molecular weight excluding hydrogens is 280 g/mol. The van der Waals surface area contributed by atoms with E-state index in [9.17, 15) is 0 Å². The molecule has 0 spiro atoms. The van der Waals surface area contributed by atoms with E-state index < -0.39 is 0 Å². The van der Waals surface area contributed by atoms with E-state index >= 15 is 0 Å². The number of methoxy groups -OCH3 is 1. The van der Waals surface area contributed by atoms with Gasteiger partial charge < -0.3 is 4.74 Å². The number of rotatable bonds is 4. The third-order valence-electron chi connectivity index (χ3n) is 2.92. The lowest BCUT2D eigenvalue weighted by molar-refractivity contribution is 0.401. The Kier molecular flexibility index (Phi) is 3.27. The molecule has 0 aliphatic rings. The summed E-state index contributed by atoms with van der Waals surface area (Å²) in [5.74, 6) is 2.44. The highest BCUT2D eigenvalue weighted by Crippen LogP contribution is 2.24. The van der Waals surface area contributed by atoms with Crippen molar-refractivity contribution in [3.8, 4) is 11.7 Å². The van der Waals surface area contributed by atoms with Crippen molar-refractivity contribution in [1.82, 2.24) is 29.3 Å². The molecule has 3 aromatic heterocycles. The number of imidazole rings is 1. The molecule has 0 fully saturated rings. The van der Waals surface area contributed by atoms with E-state index in [4.69, 9.17) is 16.3 Å². The summed E-state index contributed by atoms with van der Waals surface area (Å²) in [5, 5.41) is 4.40. The van der Waals surface area contributed by atoms with Crippen molar-refractivity contribution in [1.29, 1.82) is 0 Å². The Labute approximate surface area is 120 Å². The van der Waals surface area contributed by atoms with Crippen LogP contribution in [0.5, 0.6) is 5.88 Å². The second-order valence-corrected chi connectivity index (χ2v) is 4.58. The molecule has 0 radical (unpaired) electrons. The second-order valence-electron chi connectivity index (χ2n) is 4.21. The molecule has 0 aliphatic heterocycles. The molecule has 0 amide bonds. The lowest BCUT2D eigenvalue weighted by Gasteiger charge is -2.03. The fourth-order valence-electron chi connectivity index (χ4n) is 2.08. The van der Waals surface area contributed by atoms with Crippen LogP contribution in [-0.4, -0.2) is 42.3 Å². The van der Waals surface area contributed by atoms with Gasteiger partial charge in [0.05, 0.1) is 7.11 Å². The van der Waals surface area contributed by atoms with Crippen LogP contribution in [0.1, 0.15) is 5.82 Å². The van der Waals surface area contributed by atoms with E-state index in [0.29, 0.717) is 29.3 Å². The molecule has 0 saturated heterocycles. The van der Waals surface area contributed by atoms with Crippen LogP contribution in [0.4, 0.5) is 0 Å². The third kappa shape index (κ3) is 2.00. The number of halogens is 1. The maximum atomic E-state index is 5.86. The van der Waals surface area contributed by atoms with E-state index in [1.165, 1.54) is 6.33 Å². The maximum Gasteiger partial charge on any atom is 0.245 e. The van der Waals surface area contributed by atoms with Crippen molar-refractivity contribution in [2.45, 2.75) is 6.42 Å². The second kappa shape index (κ2) is 5.09. The number of fused-ring (bicyclic) bond motifs is 1. The smallest absolute Gasteiger partial charge is 0.245 e. The average molecular weight is 293 g/mol. The normalized spacial score (nSPS) is 11.2. The lowest BCUT2D eigenvalue weighted by atomic mass is 10.4. The summed E-state index contributed by atoms with van der Waals surface area (Å²) in [6.07, 6.45) is 3.93. The van der Waals surface area contributed by atoms with Gasteiger partial charge in [0, 0.05) is 31.6 Å². The zero-order valence-corrected chi connectivity index (χ0v) is 11.9. The summed E-state index contributed by atoms with van der Waals surface area (Å²) in [4.78, 5) is 12.9. The Morgan fingerprint density at radius 3 is 2.85 bits per heavy atom. The van der Waals surface area contributed by atoms with Crippen LogP contribution in [0.25, 0.3) is 17.0 Å². The van der Waals surface area contributed by atoms with Gasteiger partial charge >= 0.3 is 0 Å². The van der Waals surface area contributed by atoms with Gasteiger partial charge in [-0.3, -0.25) is 9.25 Å². The molecule has 0 unspecified atom stereocenters. The largest absolute Gasteiger partial charge is 0.479 e. The number of nitrogens with zero attached hydrogens (tertiary/aromatic N) is 6. The Morgan fingerprint density at radius 2 is 2.20 bits per heavy atom. The van der Waals surface area contributed by atoms with Crippen LogP contribution in [0, 0.1) is 0 Å². The van der Waals surface area contributed by atoms with Gasteiger partial charge in [-0.25, -0.2) is 9.97 Å². The maximum absolute atomic E-state index is 5.86. The highest BCUT2D eigenvalue weighted by molar-refractivity contribution is 6.17. The average Bonchev–Trinajstić information content (AvgIpc) is 3.01. The van der Waals surface area contributed by atoms with Crippen molar-refractivity contribution in [3.63, 3.8) is 0 Å². The van der Waals surface area contributed by atoms with E-state index in [1.54, 1.807) is 11.8 Å². The Bertz CT molecular complexity index is 750. The minimum absolute atomic E-state index is 0.445. The van der Waals surface area contributed by atoms with E-state index in [2.05, 4.69) is 20.1 Å². The Hall–Kier alpha value is -2.15. The summed E-state index contributed by atoms with van der Waals surface area (Å²) in [5.41, 5.74) is 1.27. The van der Waals surface area contributed by atoms with Crippen molar-refractivity contribution < 1.29 is 4.74 Å². The molecule has 7 nitrogen and oxygen atoms in total. The first-order chi connectivity index (χ1) is 9.74. The molecule has 20 heavy (non-hydrogen) atoms. The fraction of sp³-hybridized carbons (Fsp3) is 0.333. The summed E-state index contributed by atoms with van der Waals surface area (Å²) in [7, 11) is 3.42. The van der Waals surface area contributed by atoms with Crippen LogP contribution in [0.3, 0.4) is 0 Å². The molecule has 8 heteroatoms. The molecule has 3 aromatic rings. The quantitative estimate of drug-likeness (QED) is 0.679. The first-order valence-corrected chi connectivity index (χ1v) is 6.60. The van der Waals surface area contributed by atoms with Crippen LogP contribution in [-0.2, 0) is 13.5 Å². The number of ether oxygens (including phenoxy) is 1. The van der Waals surface area contributed by atoms with E-state index in [1.807, 2.05) is 23.9 Å². The SMILES string of the molecule is COc1ncnc2c1nc(CCCl)n2-c1ccn(C)n1. The molecule has 0 bridgehead atoms. The van der Waals surface area contributed by atoms with E-state index in [-0.39, 0.29) is 0 Å². The number of hydrogen-bond acceptors (Lipinski definition) is 5. The minimum Gasteiger partial charge on any atom is -0.479 e. The van der Waals surface area contributed by atoms with Gasteiger partial charge in [0.15, 0.2) is 17.0 Å². The van der Waals surface area contributed by atoms with Gasteiger partial charge in [0.2, 0.25) is 5.88 Å². The molecule has 104 valence electrons. The van der Waals surface area contributed by atoms with Crippen molar-refractivity contribution in [2.75, 3.05) is 13.0 Å². The topological polar surface area (TPSA) is 70.7 Å². The molecule has 0 atom stereocenters. The number of alkyl halides is 1. The van der Waals surface area contributed by atoms with Gasteiger partial charge in [0.1, 0.15) is 12.2 Å². The fourth-order valence-corrected chi connectivity index (χ4v) is 2.25. The van der Waals surface area contributed by atoms with Gasteiger partial charge in [-0.2, -0.15) is 10.1 Å². The van der Waals surface area contributed by atoms with Crippen LogP contribution >= 0.6 is 11.6 Å². The molecule has 0 aromatic carbocycles. The highest BCUT2D eigenvalue weighted by Gasteiger charge is 2.18. The monoisotopic (exact) mass is 292 g/mol. The molecular formula is C12H13ClN6O. The first kappa shape index (κ1) is 12.9. The molecule has 0 aliphatic carbocycles. The van der Waals surface area contributed by atoms with Crippen LogP contribution < -0.4 is 4.74 Å². The van der Waals surface area contributed by atoms with Gasteiger partial charge in [0.25, 0.3) is 0 Å². The predicted octanol–water partition coefficient (Wildman–Crippen LogP) is 1.34. The van der Waals surface area contributed by atoms with Crippen LogP contribution in [0.2, 0.25) is 0 Å². The molecule has 3 rings (SSSR count). The molecule has 0 N–H and O–H groups in total. The number of aryl methyl sites for hydroxylation is 2. The first-order valence-electron chi connectivity index (χ1n) is 6.07. The Morgan fingerprint density at radius 1 is 1.35 bits per heavy atom. The summed E-state index contributed by atoms with van der Waals surface area (Å²) in [6, 6.07) is 1.90. The summed E-state index contributed by atoms with van der Waals surface area (Å²) < 4.78 is 8.83. The van der Waals surface area contributed by atoms with Crippen molar-refractivity contribution >= 4 is 22.8 Å². The molecule has 0 saturated carbocycles. The molecule has 3 heterocycles. The van der Waals surface area contributed by atoms with Crippen LogP contribution in [0.15, 0.2) is 18.6 Å². The minimum atomic E-state index is 0.445. The predicted molar refractivity (Wildman–Crippen MR) is 74.4 cm³/mol. The summed E-state index contributed by atoms with van der Waals surface area (Å²) >= 11 is 5.86. The van der Waals surface area contributed by atoms with E-state index in [0.717, 1.165) is 11.6 Å². The third-order valence-corrected chi connectivity index (χ3v) is 3.11.